The first-order chi connectivity index (χ1) is 16.9. The molecule has 1 saturated heterocycles. The molecule has 0 radical (unpaired) electrons. The van der Waals surface area contributed by atoms with E-state index in [1.54, 1.807) is 27.7 Å². The molecule has 0 aliphatic carbocycles. The van der Waals surface area contributed by atoms with Gasteiger partial charge < -0.3 is 23.7 Å². The first-order valence-corrected chi connectivity index (χ1v) is 12.5. The molecule has 1 fully saturated rings. The molecular weight excluding hydrogens is 507 g/mol. The predicted molar refractivity (Wildman–Crippen MR) is 120 cm³/mol. The number of phosphoric acid groups is 1. The van der Waals surface area contributed by atoms with Crippen LogP contribution in [0.1, 0.15) is 47.3 Å². The van der Waals surface area contributed by atoms with Crippen molar-refractivity contribution in [3.63, 3.8) is 0 Å². The van der Waals surface area contributed by atoms with Crippen LogP contribution in [-0.4, -0.2) is 60.4 Å². The first kappa shape index (κ1) is 29.5. The molecule has 0 saturated carbocycles. The number of nitrogens with zero attached hydrogens (tertiary/aromatic N) is 1. The summed E-state index contributed by atoms with van der Waals surface area (Å²) in [6.45, 7) is 6.20. The van der Waals surface area contributed by atoms with E-state index >= 15 is 0 Å². The van der Waals surface area contributed by atoms with Crippen LogP contribution < -0.4 is 11.2 Å². The molecule has 15 nitrogen and oxygen atoms in total. The fraction of sp³-hybridized carbons (Fsp3) is 0.700. The van der Waals surface area contributed by atoms with Gasteiger partial charge in [-0.2, -0.15) is 0 Å². The number of aromatic nitrogens is 2. The van der Waals surface area contributed by atoms with Gasteiger partial charge in [-0.1, -0.05) is 6.92 Å². The minimum atomic E-state index is -4.45. The fourth-order valence-electron chi connectivity index (χ4n) is 2.91. The van der Waals surface area contributed by atoms with Crippen molar-refractivity contribution in [3.8, 4) is 0 Å². The van der Waals surface area contributed by atoms with E-state index in [4.69, 9.17) is 27.8 Å². The summed E-state index contributed by atoms with van der Waals surface area (Å²) in [6, 6.07) is 1.18. The number of carbonyl (C=O) groups is 2. The standard InChI is InChI=1S/C20H31N2O13P/c1-12(2)33-19(25)28-10-31-36(27,32-11-29-20(26)34-13(3)4)30-9-15-14(5)8-17(35-15)22-7-6-16(23)21-18(22)24/h6-7,12-15,17H,8-11H2,1-5H3,(H,21,23,24). The zero-order chi connectivity index (χ0) is 26.9. The van der Waals surface area contributed by atoms with Crippen molar-refractivity contribution in [1.29, 1.82) is 0 Å². The van der Waals surface area contributed by atoms with Crippen molar-refractivity contribution >= 4 is 20.1 Å². The summed E-state index contributed by atoms with van der Waals surface area (Å²) in [5.41, 5.74) is -1.19. The third-order valence-corrected chi connectivity index (χ3v) is 5.85. The minimum Gasteiger partial charge on any atom is -0.432 e. The molecule has 3 unspecified atom stereocenters. The van der Waals surface area contributed by atoms with E-state index in [1.165, 1.54) is 16.8 Å². The zero-order valence-electron chi connectivity index (χ0n) is 20.6. The highest BCUT2D eigenvalue weighted by Crippen LogP contribution is 2.50. The maximum atomic E-state index is 13.0. The van der Waals surface area contributed by atoms with Crippen molar-refractivity contribution in [2.24, 2.45) is 5.92 Å². The van der Waals surface area contributed by atoms with Crippen LogP contribution in [0.5, 0.6) is 0 Å². The quantitative estimate of drug-likeness (QED) is 0.233. The summed E-state index contributed by atoms with van der Waals surface area (Å²) in [6.07, 6.45) is -2.73. The van der Waals surface area contributed by atoms with Crippen LogP contribution in [0.15, 0.2) is 21.9 Å². The lowest BCUT2D eigenvalue weighted by atomic mass is 10.0. The molecule has 1 aromatic rings. The van der Waals surface area contributed by atoms with Gasteiger partial charge in [0.15, 0.2) is 0 Å². The first-order valence-electron chi connectivity index (χ1n) is 11.1. The monoisotopic (exact) mass is 538 g/mol. The number of H-pyrrole nitrogens is 1. The molecule has 36 heavy (non-hydrogen) atoms. The van der Waals surface area contributed by atoms with Crippen LogP contribution >= 0.6 is 7.82 Å². The van der Waals surface area contributed by atoms with Gasteiger partial charge in [-0.25, -0.2) is 28.0 Å². The average Bonchev–Trinajstić information content (AvgIpc) is 3.11. The second-order valence-corrected chi connectivity index (χ2v) is 9.89. The highest BCUT2D eigenvalue weighted by atomic mass is 31.2. The van der Waals surface area contributed by atoms with Crippen LogP contribution in [0, 0.1) is 5.92 Å². The third kappa shape index (κ3) is 9.74. The Morgan fingerprint density at radius 1 is 1.06 bits per heavy atom. The SMILES string of the molecule is CC(C)OC(=O)OCOP(=O)(OCOC(=O)OC(C)C)OCC1OC(n2ccc(=O)[nH]c2=O)CC1C. The van der Waals surface area contributed by atoms with Crippen LogP contribution in [-0.2, 0) is 41.8 Å². The van der Waals surface area contributed by atoms with Gasteiger partial charge in [0.25, 0.3) is 5.56 Å². The molecule has 1 aromatic heterocycles. The van der Waals surface area contributed by atoms with Crippen molar-refractivity contribution in [2.75, 3.05) is 20.2 Å². The molecule has 0 amide bonds. The van der Waals surface area contributed by atoms with Crippen molar-refractivity contribution < 1.29 is 51.4 Å². The minimum absolute atomic E-state index is 0.170. The number of phosphoric ester groups is 1. The van der Waals surface area contributed by atoms with E-state index in [0.717, 1.165) is 0 Å². The van der Waals surface area contributed by atoms with E-state index in [0.29, 0.717) is 6.42 Å². The van der Waals surface area contributed by atoms with Crippen LogP contribution in [0.3, 0.4) is 0 Å². The topological polar surface area (TPSA) is 180 Å². The van der Waals surface area contributed by atoms with E-state index in [1.807, 2.05) is 6.92 Å². The van der Waals surface area contributed by atoms with Crippen LogP contribution in [0.2, 0.25) is 0 Å². The Morgan fingerprint density at radius 2 is 1.61 bits per heavy atom. The number of ether oxygens (including phenoxy) is 5. The average molecular weight is 538 g/mol. The van der Waals surface area contributed by atoms with E-state index in [2.05, 4.69) is 14.5 Å². The lowest BCUT2D eigenvalue weighted by Gasteiger charge is -2.21. The summed E-state index contributed by atoms with van der Waals surface area (Å²) in [7, 11) is -4.45. The summed E-state index contributed by atoms with van der Waals surface area (Å²) in [4.78, 5) is 48.5. The number of hydrogen-bond donors (Lipinski definition) is 1. The molecule has 1 N–H and O–H groups in total. The number of rotatable bonds is 12. The van der Waals surface area contributed by atoms with Gasteiger partial charge in [-0.3, -0.25) is 18.9 Å². The predicted octanol–water partition coefficient (Wildman–Crippen LogP) is 2.66. The molecule has 1 aliphatic heterocycles. The molecular formula is C20H31N2O13P. The molecule has 16 heteroatoms. The van der Waals surface area contributed by atoms with Gasteiger partial charge in [-0.15, -0.1) is 0 Å². The van der Waals surface area contributed by atoms with Gasteiger partial charge >= 0.3 is 25.8 Å². The lowest BCUT2D eigenvalue weighted by molar-refractivity contribution is -0.0614. The Kier molecular flexibility index (Phi) is 11.1. The van der Waals surface area contributed by atoms with Crippen molar-refractivity contribution in [3.05, 3.63) is 33.1 Å². The Morgan fingerprint density at radius 3 is 2.11 bits per heavy atom. The van der Waals surface area contributed by atoms with E-state index in [-0.39, 0.29) is 12.5 Å². The summed E-state index contributed by atoms with van der Waals surface area (Å²) < 4.78 is 54.3. The molecule has 3 atom stereocenters. The zero-order valence-corrected chi connectivity index (χ0v) is 21.5. The highest BCUT2D eigenvalue weighted by molar-refractivity contribution is 7.48. The number of hydrogen-bond acceptors (Lipinski definition) is 13. The summed E-state index contributed by atoms with van der Waals surface area (Å²) in [5, 5.41) is 0. The molecule has 0 spiro atoms. The van der Waals surface area contributed by atoms with Crippen LogP contribution in [0.4, 0.5) is 9.59 Å². The maximum absolute atomic E-state index is 13.0. The van der Waals surface area contributed by atoms with Gasteiger partial charge in [-0.05, 0) is 40.0 Å². The Labute approximate surface area is 206 Å². The Hall–Kier alpha value is -2.71. The summed E-state index contributed by atoms with van der Waals surface area (Å²) >= 11 is 0. The molecule has 2 rings (SSSR count). The number of aromatic amines is 1. The molecule has 0 aromatic carbocycles. The fourth-order valence-corrected chi connectivity index (χ4v) is 3.82. The van der Waals surface area contributed by atoms with Gasteiger partial charge in [0, 0.05) is 12.3 Å². The van der Waals surface area contributed by atoms with E-state index < -0.39 is 69.5 Å². The van der Waals surface area contributed by atoms with E-state index in [9.17, 15) is 23.7 Å². The molecule has 1 aliphatic rings. The lowest BCUT2D eigenvalue weighted by Crippen LogP contribution is -2.31. The third-order valence-electron chi connectivity index (χ3n) is 4.54. The normalized spacial score (nSPS) is 19.9. The second-order valence-electron chi connectivity index (χ2n) is 8.22. The largest absolute Gasteiger partial charge is 0.510 e. The Balaban J connectivity index is 1.98. The molecule has 0 bridgehead atoms. The maximum Gasteiger partial charge on any atom is 0.510 e. The van der Waals surface area contributed by atoms with Gasteiger partial charge in [0.2, 0.25) is 13.6 Å². The summed E-state index contributed by atoms with van der Waals surface area (Å²) in [5.74, 6) is -0.170. The Bertz CT molecular complexity index is 1000. The highest BCUT2D eigenvalue weighted by Gasteiger charge is 2.37. The number of nitrogens with one attached hydrogen (secondary N) is 1. The smallest absolute Gasteiger partial charge is 0.432 e. The second kappa shape index (κ2) is 13.6. The van der Waals surface area contributed by atoms with Crippen molar-refractivity contribution in [2.45, 2.75) is 65.6 Å². The van der Waals surface area contributed by atoms with Crippen LogP contribution in [0.25, 0.3) is 0 Å². The molecule has 204 valence electrons. The number of carbonyl (C=O) groups excluding carboxylic acids is 2. The van der Waals surface area contributed by atoms with Gasteiger partial charge in [0.05, 0.1) is 24.9 Å². The molecule has 2 heterocycles. The van der Waals surface area contributed by atoms with Gasteiger partial charge in [0.1, 0.15) is 6.23 Å². The van der Waals surface area contributed by atoms with Crippen molar-refractivity contribution in [1.82, 2.24) is 9.55 Å².